The number of ether oxygens (including phenoxy) is 1. The van der Waals surface area contributed by atoms with Crippen LogP contribution in [-0.4, -0.2) is 51.5 Å². The number of halogens is 1. The molecule has 124 valence electrons. The maximum atomic E-state index is 12.3. The first-order valence-electron chi connectivity index (χ1n) is 7.18. The second kappa shape index (κ2) is 6.45. The number of carboxylic acid groups (broad SMARTS) is 1. The van der Waals surface area contributed by atoms with Gasteiger partial charge in [-0.25, -0.2) is 9.97 Å². The maximum absolute atomic E-state index is 12.3. The lowest BCUT2D eigenvalue weighted by molar-refractivity contribution is -0.161. The minimum atomic E-state index is -1.15. The third-order valence-electron chi connectivity index (χ3n) is 3.84. The number of carbonyl (C=O) groups is 2. The van der Waals surface area contributed by atoms with Gasteiger partial charge in [-0.05, 0) is 12.1 Å². The normalized spacial score (nSPS) is 15.5. The minimum absolute atomic E-state index is 0.0804. The molecule has 1 aliphatic rings. The Labute approximate surface area is 142 Å². The van der Waals surface area contributed by atoms with Crippen LogP contribution in [0.1, 0.15) is 10.4 Å². The highest BCUT2D eigenvalue weighted by Crippen LogP contribution is 2.32. The van der Waals surface area contributed by atoms with Crippen molar-refractivity contribution in [1.82, 2.24) is 14.9 Å². The first-order chi connectivity index (χ1) is 11.5. The number of benzene rings is 1. The number of aliphatic carboxylic acids is 1. The van der Waals surface area contributed by atoms with E-state index in [0.29, 0.717) is 5.56 Å². The van der Waals surface area contributed by atoms with Crippen LogP contribution in [0, 0.1) is 5.41 Å². The summed E-state index contributed by atoms with van der Waals surface area (Å²) in [5.41, 5.74) is -0.618. The van der Waals surface area contributed by atoms with Gasteiger partial charge in [-0.3, -0.25) is 9.59 Å². The molecule has 7 nitrogen and oxygen atoms in total. The molecule has 2 heterocycles. The van der Waals surface area contributed by atoms with Crippen LogP contribution in [0.5, 0.6) is 5.88 Å². The van der Waals surface area contributed by atoms with Gasteiger partial charge in [0.2, 0.25) is 5.88 Å². The van der Waals surface area contributed by atoms with Crippen LogP contribution in [0.4, 0.5) is 0 Å². The highest BCUT2D eigenvalue weighted by molar-refractivity contribution is 6.29. The minimum Gasteiger partial charge on any atom is -0.481 e. The van der Waals surface area contributed by atoms with Crippen LogP contribution in [0.3, 0.4) is 0 Å². The maximum Gasteiger partial charge on any atom is 0.316 e. The lowest BCUT2D eigenvalue weighted by Gasteiger charge is -2.46. The highest BCUT2D eigenvalue weighted by atomic mass is 35.5. The number of rotatable bonds is 5. The molecule has 0 aliphatic carbocycles. The standard InChI is InChI=1S/C16H14ClN3O4/c17-12-6-19-13(7-18-12)24-10-16(15(22)23)8-20(9-16)14(21)11-4-2-1-3-5-11/h1-7H,8-10H2,(H,22,23). The van der Waals surface area contributed by atoms with E-state index in [2.05, 4.69) is 9.97 Å². The van der Waals surface area contributed by atoms with Crippen molar-refractivity contribution in [2.75, 3.05) is 19.7 Å². The molecule has 1 aromatic carbocycles. The van der Waals surface area contributed by atoms with Crippen molar-refractivity contribution in [3.8, 4) is 5.88 Å². The summed E-state index contributed by atoms with van der Waals surface area (Å²) in [5, 5.41) is 9.72. The molecule has 1 aromatic heterocycles. The number of nitrogens with zero attached hydrogens (tertiary/aromatic N) is 3. The summed E-state index contributed by atoms with van der Waals surface area (Å²) in [5.74, 6) is -1.02. The number of amides is 1. The van der Waals surface area contributed by atoms with Gasteiger partial charge in [-0.2, -0.15) is 0 Å². The van der Waals surface area contributed by atoms with Crippen LogP contribution in [0.15, 0.2) is 42.7 Å². The Hall–Kier alpha value is -2.67. The number of aromatic nitrogens is 2. The van der Waals surface area contributed by atoms with E-state index in [9.17, 15) is 14.7 Å². The predicted octanol–water partition coefficient (Wildman–Crippen LogP) is 1.74. The summed E-state index contributed by atoms with van der Waals surface area (Å²) in [6.45, 7) is 0.0609. The molecule has 8 heteroatoms. The summed E-state index contributed by atoms with van der Waals surface area (Å²) in [4.78, 5) is 33.1. The van der Waals surface area contributed by atoms with Crippen molar-refractivity contribution in [3.63, 3.8) is 0 Å². The molecule has 0 saturated carbocycles. The summed E-state index contributed by atoms with van der Waals surface area (Å²) >= 11 is 5.64. The van der Waals surface area contributed by atoms with Gasteiger partial charge in [0.25, 0.3) is 5.91 Å². The van der Waals surface area contributed by atoms with Crippen molar-refractivity contribution in [3.05, 3.63) is 53.4 Å². The zero-order valence-corrected chi connectivity index (χ0v) is 13.3. The van der Waals surface area contributed by atoms with Crippen molar-refractivity contribution in [2.24, 2.45) is 5.41 Å². The Kier molecular flexibility index (Phi) is 4.35. The van der Waals surface area contributed by atoms with E-state index in [-0.39, 0.29) is 36.6 Å². The van der Waals surface area contributed by atoms with Gasteiger partial charge in [0.15, 0.2) is 0 Å². The average Bonchev–Trinajstić information content (AvgIpc) is 2.55. The monoisotopic (exact) mass is 347 g/mol. The molecule has 2 aromatic rings. The molecule has 0 bridgehead atoms. The van der Waals surface area contributed by atoms with Crippen LogP contribution in [-0.2, 0) is 4.79 Å². The van der Waals surface area contributed by atoms with E-state index in [1.54, 1.807) is 24.3 Å². The van der Waals surface area contributed by atoms with Crippen molar-refractivity contribution < 1.29 is 19.4 Å². The van der Waals surface area contributed by atoms with E-state index in [1.807, 2.05) is 6.07 Å². The number of carbonyl (C=O) groups excluding carboxylic acids is 1. The zero-order chi connectivity index (χ0) is 17.2. The van der Waals surface area contributed by atoms with E-state index in [0.717, 1.165) is 0 Å². The van der Waals surface area contributed by atoms with Crippen LogP contribution >= 0.6 is 11.6 Å². The molecule has 1 aliphatic heterocycles. The molecule has 1 amide bonds. The molecular formula is C16H14ClN3O4. The van der Waals surface area contributed by atoms with Crippen LogP contribution in [0.2, 0.25) is 5.15 Å². The lowest BCUT2D eigenvalue weighted by Crippen LogP contribution is -2.64. The van der Waals surface area contributed by atoms with Gasteiger partial charge >= 0.3 is 5.97 Å². The quantitative estimate of drug-likeness (QED) is 0.885. The van der Waals surface area contributed by atoms with Crippen molar-refractivity contribution in [1.29, 1.82) is 0 Å². The van der Waals surface area contributed by atoms with Crippen molar-refractivity contribution in [2.45, 2.75) is 0 Å². The fraction of sp³-hybridized carbons (Fsp3) is 0.250. The Bertz CT molecular complexity index is 746. The average molecular weight is 348 g/mol. The summed E-state index contributed by atoms with van der Waals surface area (Å²) in [7, 11) is 0. The molecule has 0 spiro atoms. The topological polar surface area (TPSA) is 92.6 Å². The molecule has 24 heavy (non-hydrogen) atoms. The SMILES string of the molecule is O=C(c1ccccc1)N1CC(COc2cnc(Cl)cn2)(C(=O)O)C1. The Balaban J connectivity index is 1.64. The smallest absolute Gasteiger partial charge is 0.316 e. The summed E-state index contributed by atoms with van der Waals surface area (Å²) in [6, 6.07) is 8.74. The van der Waals surface area contributed by atoms with E-state index in [1.165, 1.54) is 17.3 Å². The largest absolute Gasteiger partial charge is 0.481 e. The second-order valence-corrected chi connectivity index (χ2v) is 5.97. The predicted molar refractivity (Wildman–Crippen MR) is 85.0 cm³/mol. The highest BCUT2D eigenvalue weighted by Gasteiger charge is 2.52. The molecular weight excluding hydrogens is 334 g/mol. The van der Waals surface area contributed by atoms with Gasteiger partial charge in [0, 0.05) is 18.7 Å². The first-order valence-corrected chi connectivity index (χ1v) is 7.56. The third kappa shape index (κ3) is 3.16. The number of carboxylic acids is 1. The van der Waals surface area contributed by atoms with Gasteiger partial charge in [0.1, 0.15) is 17.2 Å². The molecule has 1 N–H and O–H groups in total. The Morgan fingerprint density at radius 1 is 1.21 bits per heavy atom. The molecule has 1 saturated heterocycles. The number of likely N-dealkylation sites (tertiary alicyclic amines) is 1. The van der Waals surface area contributed by atoms with Gasteiger partial charge in [-0.15, -0.1) is 0 Å². The van der Waals surface area contributed by atoms with Gasteiger partial charge in [-0.1, -0.05) is 29.8 Å². The van der Waals surface area contributed by atoms with E-state index in [4.69, 9.17) is 16.3 Å². The Morgan fingerprint density at radius 2 is 1.92 bits per heavy atom. The molecule has 0 unspecified atom stereocenters. The molecule has 0 radical (unpaired) electrons. The van der Waals surface area contributed by atoms with Crippen LogP contribution < -0.4 is 4.74 Å². The third-order valence-corrected chi connectivity index (χ3v) is 4.04. The fourth-order valence-electron chi connectivity index (χ4n) is 2.47. The summed E-state index contributed by atoms with van der Waals surface area (Å²) < 4.78 is 5.41. The number of hydrogen-bond acceptors (Lipinski definition) is 5. The molecule has 3 rings (SSSR count). The Morgan fingerprint density at radius 3 is 2.50 bits per heavy atom. The zero-order valence-electron chi connectivity index (χ0n) is 12.6. The van der Waals surface area contributed by atoms with E-state index < -0.39 is 11.4 Å². The second-order valence-electron chi connectivity index (χ2n) is 5.58. The van der Waals surface area contributed by atoms with Crippen LogP contribution in [0.25, 0.3) is 0 Å². The summed E-state index contributed by atoms with van der Waals surface area (Å²) in [6.07, 6.45) is 2.64. The fourth-order valence-corrected chi connectivity index (χ4v) is 2.56. The van der Waals surface area contributed by atoms with Crippen molar-refractivity contribution >= 4 is 23.5 Å². The van der Waals surface area contributed by atoms with Gasteiger partial charge in [0.05, 0.1) is 12.4 Å². The van der Waals surface area contributed by atoms with Gasteiger partial charge < -0.3 is 14.7 Å². The van der Waals surface area contributed by atoms with E-state index >= 15 is 0 Å². The first kappa shape index (κ1) is 16.2. The number of hydrogen-bond donors (Lipinski definition) is 1. The molecule has 1 fully saturated rings. The lowest BCUT2D eigenvalue weighted by atomic mass is 9.80. The molecule has 0 atom stereocenters.